The number of fused-ring (bicyclic) bond motifs is 1. The van der Waals surface area contributed by atoms with Crippen LogP contribution in [0.4, 0.5) is 5.82 Å². The highest BCUT2D eigenvalue weighted by molar-refractivity contribution is 8.01. The molecule has 2 heterocycles. The fraction of sp³-hybridized carbons (Fsp3) is 0.435. The maximum absolute atomic E-state index is 13.0. The first kappa shape index (κ1) is 26.2. The minimum atomic E-state index is -3.92. The number of thioether (sulfide) groups is 1. The highest BCUT2D eigenvalue weighted by Crippen LogP contribution is 2.38. The first-order valence-corrected chi connectivity index (χ1v) is 14.1. The lowest BCUT2D eigenvalue weighted by Crippen LogP contribution is -2.35. The molecule has 0 spiro atoms. The summed E-state index contributed by atoms with van der Waals surface area (Å²) in [6.07, 6.45) is 0.723. The van der Waals surface area contributed by atoms with Crippen LogP contribution < -0.4 is 15.7 Å². The van der Waals surface area contributed by atoms with Gasteiger partial charge in [0, 0.05) is 28.3 Å². The fourth-order valence-electron chi connectivity index (χ4n) is 3.09. The molecule has 0 fully saturated rings. The summed E-state index contributed by atoms with van der Waals surface area (Å²) in [5.41, 5.74) is 1.15. The smallest absolute Gasteiger partial charge is 0.354 e. The zero-order valence-electron chi connectivity index (χ0n) is 20.2. The summed E-state index contributed by atoms with van der Waals surface area (Å²) < 4.78 is 30.7. The Kier molecular flexibility index (Phi) is 7.79. The molecule has 0 atom stereocenters. The maximum Gasteiger partial charge on any atom is 0.354 e. The van der Waals surface area contributed by atoms with Crippen molar-refractivity contribution in [2.45, 2.75) is 57.1 Å². The lowest BCUT2D eigenvalue weighted by molar-refractivity contribution is -0.128. The van der Waals surface area contributed by atoms with Crippen molar-refractivity contribution in [3.8, 4) is 5.69 Å². The van der Waals surface area contributed by atoms with Gasteiger partial charge in [0.2, 0.25) is 5.91 Å². The Morgan fingerprint density at radius 3 is 2.41 bits per heavy atom. The fourth-order valence-corrected chi connectivity index (χ4v) is 6.56. The molecule has 34 heavy (non-hydrogen) atoms. The van der Waals surface area contributed by atoms with Crippen LogP contribution in [0.25, 0.3) is 5.69 Å². The normalized spacial score (nSPS) is 12.2. The first-order chi connectivity index (χ1) is 15.8. The molecule has 0 saturated heterocycles. The first-order valence-electron chi connectivity index (χ1n) is 10.8. The van der Waals surface area contributed by atoms with Crippen molar-refractivity contribution in [1.29, 1.82) is 0 Å². The van der Waals surface area contributed by atoms with E-state index in [4.69, 9.17) is 0 Å². The number of hydrogen-bond acceptors (Lipinski definition) is 7. The van der Waals surface area contributed by atoms with Crippen LogP contribution in [0.1, 0.15) is 43.3 Å². The summed E-state index contributed by atoms with van der Waals surface area (Å²) in [6.45, 7) is 11.7. The van der Waals surface area contributed by atoms with Crippen LogP contribution in [0.5, 0.6) is 0 Å². The molecule has 0 aromatic heterocycles. The van der Waals surface area contributed by atoms with Gasteiger partial charge in [-0.3, -0.25) is 14.1 Å². The van der Waals surface area contributed by atoms with Gasteiger partial charge in [0.15, 0.2) is 5.82 Å². The van der Waals surface area contributed by atoms with Crippen molar-refractivity contribution in [1.82, 2.24) is 14.9 Å². The van der Waals surface area contributed by atoms with Crippen LogP contribution in [0.2, 0.25) is 0 Å². The van der Waals surface area contributed by atoms with Crippen molar-refractivity contribution in [2.24, 2.45) is 5.41 Å². The van der Waals surface area contributed by atoms with Crippen molar-refractivity contribution in [2.75, 3.05) is 17.0 Å². The predicted molar refractivity (Wildman–Crippen MR) is 138 cm³/mol. The van der Waals surface area contributed by atoms with E-state index in [9.17, 15) is 18.0 Å². The Bertz CT molecular complexity index is 1320. The molecular weight excluding hydrogens is 492 g/mol. The molecule has 0 unspecified atom stereocenters. The van der Waals surface area contributed by atoms with E-state index in [1.54, 1.807) is 12.1 Å². The second kappa shape index (κ2) is 10.1. The SMILES string of the molecule is Cc1ccc(S(=O)(=O)Nc2nc(=O)n3c(C)c(C)sc(SCCCNC(=O)C(C)(C)C)c2-3)cc1. The Morgan fingerprint density at radius 2 is 1.79 bits per heavy atom. The number of amides is 1. The largest absolute Gasteiger partial charge is 0.356 e. The van der Waals surface area contributed by atoms with Gasteiger partial charge in [0.1, 0.15) is 5.69 Å². The Hall–Kier alpha value is -2.37. The Labute approximate surface area is 208 Å². The van der Waals surface area contributed by atoms with Gasteiger partial charge in [-0.05, 0) is 39.3 Å². The van der Waals surface area contributed by atoms with Crippen molar-refractivity contribution in [3.63, 3.8) is 0 Å². The van der Waals surface area contributed by atoms with Gasteiger partial charge in [-0.2, -0.15) is 4.98 Å². The average molecular weight is 523 g/mol. The third-order valence-electron chi connectivity index (χ3n) is 5.21. The third-order valence-corrected chi connectivity index (χ3v) is 9.10. The highest BCUT2D eigenvalue weighted by Gasteiger charge is 2.27. The standard InChI is InChI=1S/C23H30N4O4S3/c1-14-8-10-17(11-9-14)34(30,31)26-19-18-20(32-13-7-12-24-21(28)23(4,5)6)33-16(3)15(2)27(18)22(29)25-19/h8-11H,7,12-13H2,1-6H3,(H,24,28)(H,25,26,29). The molecule has 0 saturated carbocycles. The van der Waals surface area contributed by atoms with Gasteiger partial charge in [-0.15, -0.1) is 23.1 Å². The van der Waals surface area contributed by atoms with Gasteiger partial charge in [-0.25, -0.2) is 13.2 Å². The maximum atomic E-state index is 13.0. The second-order valence-electron chi connectivity index (χ2n) is 9.08. The molecule has 2 aliphatic heterocycles. The molecular formula is C23H30N4O4S3. The number of nitrogens with one attached hydrogen (secondary N) is 2. The summed E-state index contributed by atoms with van der Waals surface area (Å²) in [5.74, 6) is 0.699. The van der Waals surface area contributed by atoms with Crippen molar-refractivity contribution >= 4 is 44.8 Å². The number of rotatable bonds is 8. The van der Waals surface area contributed by atoms with E-state index in [1.807, 2.05) is 41.5 Å². The zero-order chi connectivity index (χ0) is 25.3. The minimum absolute atomic E-state index is 0.00605. The number of aromatic nitrogens is 2. The third kappa shape index (κ3) is 5.81. The monoisotopic (exact) mass is 522 g/mol. The van der Waals surface area contributed by atoms with E-state index < -0.39 is 21.1 Å². The molecule has 11 heteroatoms. The van der Waals surface area contributed by atoms with Crippen LogP contribution in [0.15, 0.2) is 38.2 Å². The minimum Gasteiger partial charge on any atom is -0.356 e. The van der Waals surface area contributed by atoms with Gasteiger partial charge in [0.05, 0.1) is 9.10 Å². The lowest BCUT2D eigenvalue weighted by atomic mass is 9.96. The number of benzene rings is 1. The molecule has 1 aromatic carbocycles. The van der Waals surface area contributed by atoms with Crippen LogP contribution in [-0.4, -0.2) is 36.2 Å². The van der Waals surface area contributed by atoms with Crippen LogP contribution in [0.3, 0.4) is 0 Å². The predicted octanol–water partition coefficient (Wildman–Crippen LogP) is 4.10. The average Bonchev–Trinajstić information content (AvgIpc) is 3.06. The lowest BCUT2D eigenvalue weighted by Gasteiger charge is -2.18. The van der Waals surface area contributed by atoms with Crippen LogP contribution in [-0.2, 0) is 14.8 Å². The summed E-state index contributed by atoms with van der Waals surface area (Å²) in [6, 6.07) is 6.48. The molecule has 0 radical (unpaired) electrons. The number of sulfonamides is 1. The van der Waals surface area contributed by atoms with Gasteiger partial charge in [0.25, 0.3) is 10.0 Å². The molecule has 0 aliphatic carbocycles. The van der Waals surface area contributed by atoms with Crippen molar-refractivity contribution in [3.05, 3.63) is 50.9 Å². The number of carbonyl (C=O) groups is 1. The number of imidazole rings is 1. The van der Waals surface area contributed by atoms with Crippen LogP contribution >= 0.6 is 23.1 Å². The van der Waals surface area contributed by atoms with Gasteiger partial charge >= 0.3 is 5.69 Å². The molecule has 8 nitrogen and oxygen atoms in total. The second-order valence-corrected chi connectivity index (χ2v) is 13.4. The van der Waals surface area contributed by atoms with Gasteiger partial charge in [-0.1, -0.05) is 38.5 Å². The van der Waals surface area contributed by atoms with Crippen LogP contribution in [0, 0.1) is 26.2 Å². The number of hydrogen-bond donors (Lipinski definition) is 2. The Morgan fingerprint density at radius 1 is 1.15 bits per heavy atom. The quantitative estimate of drug-likeness (QED) is 0.340. The molecule has 2 aliphatic rings. The number of aryl methyl sites for hydroxylation is 2. The van der Waals surface area contributed by atoms with Gasteiger partial charge < -0.3 is 5.32 Å². The molecule has 0 bridgehead atoms. The van der Waals surface area contributed by atoms with E-state index in [2.05, 4.69) is 15.0 Å². The molecule has 1 aromatic rings. The summed E-state index contributed by atoms with van der Waals surface area (Å²) in [7, 11) is -3.92. The van der Waals surface area contributed by atoms with E-state index in [1.165, 1.54) is 39.8 Å². The highest BCUT2D eigenvalue weighted by atomic mass is 32.2. The summed E-state index contributed by atoms with van der Waals surface area (Å²) in [5, 5.41) is 2.93. The Balaban J connectivity index is 1.86. The molecule has 184 valence electrons. The number of anilines is 1. The summed E-state index contributed by atoms with van der Waals surface area (Å²) in [4.78, 5) is 29.8. The number of carbonyl (C=O) groups excluding carboxylic acids is 1. The molecule has 3 rings (SSSR count). The zero-order valence-corrected chi connectivity index (χ0v) is 22.6. The van der Waals surface area contributed by atoms with E-state index in [0.29, 0.717) is 18.0 Å². The summed E-state index contributed by atoms with van der Waals surface area (Å²) >= 11 is 3.01. The number of nitrogens with zero attached hydrogens (tertiary/aromatic N) is 2. The van der Waals surface area contributed by atoms with Crippen molar-refractivity contribution < 1.29 is 13.2 Å². The van der Waals surface area contributed by atoms with E-state index >= 15 is 0 Å². The van der Waals surface area contributed by atoms with E-state index in [-0.39, 0.29) is 16.6 Å². The van der Waals surface area contributed by atoms with E-state index in [0.717, 1.165) is 26.8 Å². The molecule has 1 amide bonds. The topological polar surface area (TPSA) is 110 Å². The molecule has 2 N–H and O–H groups in total.